The van der Waals surface area contributed by atoms with Gasteiger partial charge in [-0.05, 0) is 29.2 Å². The van der Waals surface area contributed by atoms with E-state index in [0.717, 1.165) is 12.8 Å². The van der Waals surface area contributed by atoms with Crippen LogP contribution in [-0.2, 0) is 11.2 Å². The Kier molecular flexibility index (Phi) is 4.54. The van der Waals surface area contributed by atoms with Gasteiger partial charge in [0.25, 0.3) is 0 Å². The van der Waals surface area contributed by atoms with Crippen LogP contribution in [0.25, 0.3) is 10.8 Å². The fourth-order valence-electron chi connectivity index (χ4n) is 1.96. The minimum atomic E-state index is 0.203. The molecule has 0 heterocycles. The van der Waals surface area contributed by atoms with Gasteiger partial charge in [-0.25, -0.2) is 0 Å². The largest absolute Gasteiger partial charge is 0.396 e. The van der Waals surface area contributed by atoms with E-state index in [0.29, 0.717) is 13.2 Å². The number of hydrogen-bond donors (Lipinski definition) is 1. The third-order valence-corrected chi connectivity index (χ3v) is 2.84. The number of hydrogen-bond acceptors (Lipinski definition) is 2. The third-order valence-electron chi connectivity index (χ3n) is 2.84. The Morgan fingerprint density at radius 1 is 0.941 bits per heavy atom. The highest BCUT2D eigenvalue weighted by atomic mass is 16.5. The Bertz CT molecular complexity index is 460. The molecule has 2 aromatic rings. The zero-order valence-electron chi connectivity index (χ0n) is 9.93. The lowest BCUT2D eigenvalue weighted by molar-refractivity contribution is 0.118. The van der Waals surface area contributed by atoms with Crippen molar-refractivity contribution < 1.29 is 9.84 Å². The van der Waals surface area contributed by atoms with Crippen molar-refractivity contribution in [1.82, 2.24) is 0 Å². The van der Waals surface area contributed by atoms with E-state index in [-0.39, 0.29) is 6.61 Å². The molecule has 2 aromatic carbocycles. The SMILES string of the molecule is OCCCOCCc1cccc2ccccc12. The van der Waals surface area contributed by atoms with Gasteiger partial charge >= 0.3 is 0 Å². The van der Waals surface area contributed by atoms with Crippen LogP contribution in [0.4, 0.5) is 0 Å². The summed E-state index contributed by atoms with van der Waals surface area (Å²) in [6.45, 7) is 1.56. The van der Waals surface area contributed by atoms with Gasteiger partial charge in [-0.15, -0.1) is 0 Å². The van der Waals surface area contributed by atoms with Gasteiger partial charge < -0.3 is 9.84 Å². The second-order valence-electron chi connectivity index (χ2n) is 4.08. The summed E-state index contributed by atoms with van der Waals surface area (Å²) >= 11 is 0. The molecule has 0 radical (unpaired) electrons. The Morgan fingerprint density at radius 2 is 1.76 bits per heavy atom. The van der Waals surface area contributed by atoms with E-state index in [4.69, 9.17) is 9.84 Å². The van der Waals surface area contributed by atoms with Crippen LogP contribution < -0.4 is 0 Å². The van der Waals surface area contributed by atoms with Crippen molar-refractivity contribution >= 4 is 10.8 Å². The molecule has 0 fully saturated rings. The first kappa shape index (κ1) is 12.1. The van der Waals surface area contributed by atoms with Gasteiger partial charge in [0.05, 0.1) is 6.61 Å². The summed E-state index contributed by atoms with van der Waals surface area (Å²) in [5, 5.41) is 11.2. The second kappa shape index (κ2) is 6.38. The van der Waals surface area contributed by atoms with Gasteiger partial charge in [-0.2, -0.15) is 0 Å². The van der Waals surface area contributed by atoms with E-state index in [2.05, 4.69) is 42.5 Å². The third kappa shape index (κ3) is 3.29. The molecule has 0 bridgehead atoms. The summed E-state index contributed by atoms with van der Waals surface area (Å²) in [6.07, 6.45) is 1.64. The molecule has 2 nitrogen and oxygen atoms in total. The lowest BCUT2D eigenvalue weighted by atomic mass is 10.0. The van der Waals surface area contributed by atoms with Crippen LogP contribution in [0.2, 0.25) is 0 Å². The van der Waals surface area contributed by atoms with Crippen LogP contribution in [-0.4, -0.2) is 24.9 Å². The van der Waals surface area contributed by atoms with E-state index in [1.54, 1.807) is 0 Å². The molecule has 2 heteroatoms. The first-order chi connectivity index (χ1) is 8.42. The maximum Gasteiger partial charge on any atom is 0.0506 e. The molecule has 0 aliphatic carbocycles. The lowest BCUT2D eigenvalue weighted by Crippen LogP contribution is -2.02. The van der Waals surface area contributed by atoms with E-state index in [1.807, 2.05) is 0 Å². The summed E-state index contributed by atoms with van der Waals surface area (Å²) in [5.41, 5.74) is 1.33. The fraction of sp³-hybridized carbons (Fsp3) is 0.333. The summed E-state index contributed by atoms with van der Waals surface area (Å²) in [4.78, 5) is 0. The van der Waals surface area contributed by atoms with Crippen molar-refractivity contribution in [2.45, 2.75) is 12.8 Å². The van der Waals surface area contributed by atoms with Gasteiger partial charge in [0.1, 0.15) is 0 Å². The van der Waals surface area contributed by atoms with Gasteiger partial charge in [-0.1, -0.05) is 42.5 Å². The molecule has 0 aliphatic heterocycles. The van der Waals surface area contributed by atoms with Gasteiger partial charge in [0, 0.05) is 13.2 Å². The van der Waals surface area contributed by atoms with Crippen LogP contribution in [0, 0.1) is 0 Å². The topological polar surface area (TPSA) is 29.5 Å². The van der Waals surface area contributed by atoms with Crippen molar-refractivity contribution in [2.24, 2.45) is 0 Å². The first-order valence-electron chi connectivity index (χ1n) is 6.07. The predicted octanol–water partition coefficient (Wildman–Crippen LogP) is 2.78. The Balaban J connectivity index is 1.98. The van der Waals surface area contributed by atoms with Crippen LogP contribution in [0.5, 0.6) is 0 Å². The maximum absolute atomic E-state index is 8.64. The lowest BCUT2D eigenvalue weighted by Gasteiger charge is -2.07. The average molecular weight is 230 g/mol. The highest BCUT2D eigenvalue weighted by Gasteiger charge is 1.99. The summed E-state index contributed by atoms with van der Waals surface area (Å²) in [5.74, 6) is 0. The maximum atomic E-state index is 8.64. The zero-order chi connectivity index (χ0) is 11.9. The van der Waals surface area contributed by atoms with Crippen molar-refractivity contribution in [3.05, 3.63) is 48.0 Å². The smallest absolute Gasteiger partial charge is 0.0506 e. The minimum Gasteiger partial charge on any atom is -0.396 e. The van der Waals surface area contributed by atoms with E-state index >= 15 is 0 Å². The summed E-state index contributed by atoms with van der Waals surface area (Å²) in [6, 6.07) is 14.8. The molecular formula is C15H18O2. The van der Waals surface area contributed by atoms with Crippen LogP contribution >= 0.6 is 0 Å². The van der Waals surface area contributed by atoms with Crippen LogP contribution in [0.3, 0.4) is 0 Å². The Labute approximate surface area is 102 Å². The molecule has 0 spiro atoms. The molecule has 0 saturated carbocycles. The standard InChI is InChI=1S/C15H18O2/c16-10-4-11-17-12-9-14-7-3-6-13-5-1-2-8-15(13)14/h1-3,5-8,16H,4,9-12H2. The fourth-order valence-corrected chi connectivity index (χ4v) is 1.96. The van der Waals surface area contributed by atoms with Gasteiger partial charge in [0.2, 0.25) is 0 Å². The minimum absolute atomic E-state index is 0.203. The van der Waals surface area contributed by atoms with Crippen LogP contribution in [0.15, 0.2) is 42.5 Å². The molecule has 2 rings (SSSR count). The van der Waals surface area contributed by atoms with E-state index < -0.39 is 0 Å². The summed E-state index contributed by atoms with van der Waals surface area (Å²) in [7, 11) is 0. The molecular weight excluding hydrogens is 212 g/mol. The number of aliphatic hydroxyl groups excluding tert-OH is 1. The highest BCUT2D eigenvalue weighted by Crippen LogP contribution is 2.18. The van der Waals surface area contributed by atoms with Crippen LogP contribution in [0.1, 0.15) is 12.0 Å². The van der Waals surface area contributed by atoms with E-state index in [9.17, 15) is 0 Å². The van der Waals surface area contributed by atoms with E-state index in [1.165, 1.54) is 16.3 Å². The highest BCUT2D eigenvalue weighted by molar-refractivity contribution is 5.85. The molecule has 0 saturated heterocycles. The van der Waals surface area contributed by atoms with Crippen molar-refractivity contribution in [1.29, 1.82) is 0 Å². The summed E-state index contributed by atoms with van der Waals surface area (Å²) < 4.78 is 5.47. The number of aliphatic hydroxyl groups is 1. The second-order valence-corrected chi connectivity index (χ2v) is 4.08. The van der Waals surface area contributed by atoms with Crippen molar-refractivity contribution in [3.8, 4) is 0 Å². The zero-order valence-corrected chi connectivity index (χ0v) is 9.93. The molecule has 17 heavy (non-hydrogen) atoms. The number of rotatable bonds is 6. The molecule has 0 amide bonds. The van der Waals surface area contributed by atoms with Crippen molar-refractivity contribution in [3.63, 3.8) is 0 Å². The first-order valence-corrected chi connectivity index (χ1v) is 6.07. The predicted molar refractivity (Wildman–Crippen MR) is 70.2 cm³/mol. The molecule has 0 aliphatic rings. The number of ether oxygens (including phenoxy) is 1. The molecule has 0 aromatic heterocycles. The number of fused-ring (bicyclic) bond motifs is 1. The molecule has 0 atom stereocenters. The van der Waals surface area contributed by atoms with Gasteiger partial charge in [-0.3, -0.25) is 0 Å². The van der Waals surface area contributed by atoms with Crippen molar-refractivity contribution in [2.75, 3.05) is 19.8 Å². The monoisotopic (exact) mass is 230 g/mol. The Morgan fingerprint density at radius 3 is 2.65 bits per heavy atom. The normalized spacial score (nSPS) is 10.9. The quantitative estimate of drug-likeness (QED) is 0.773. The number of benzene rings is 2. The Hall–Kier alpha value is -1.38. The molecule has 90 valence electrons. The molecule has 0 unspecified atom stereocenters. The average Bonchev–Trinajstić information content (AvgIpc) is 2.39. The van der Waals surface area contributed by atoms with Gasteiger partial charge in [0.15, 0.2) is 0 Å². The molecule has 1 N–H and O–H groups in total.